The zero-order valence-corrected chi connectivity index (χ0v) is 25.1. The van der Waals surface area contributed by atoms with Crippen LogP contribution in [0.25, 0.3) is 67.3 Å². The lowest BCUT2D eigenvalue weighted by Crippen LogP contribution is -2.05. The Morgan fingerprint density at radius 2 is 1.30 bits per heavy atom. The first kappa shape index (κ1) is 26.9. The Morgan fingerprint density at radius 3 is 2.09 bits per heavy atom. The summed E-state index contributed by atoms with van der Waals surface area (Å²) < 4.78 is 2.08. The summed E-state index contributed by atoms with van der Waals surface area (Å²) in [5, 5.41) is 2.26. The fourth-order valence-electron chi connectivity index (χ4n) is 6.31. The largest absolute Gasteiger partial charge is 0.284 e. The molecule has 8 aromatic rings. The van der Waals surface area contributed by atoms with Crippen LogP contribution in [0.4, 0.5) is 0 Å². The zero-order valence-electron chi connectivity index (χ0n) is 25.1. The predicted octanol–water partition coefficient (Wildman–Crippen LogP) is 8.14. The van der Waals surface area contributed by atoms with E-state index in [4.69, 9.17) is 24.9 Å². The first-order valence-electron chi connectivity index (χ1n) is 15.5. The van der Waals surface area contributed by atoms with Crippen molar-refractivity contribution < 1.29 is 0 Å². The smallest absolute Gasteiger partial charge is 0.165 e. The highest BCUT2D eigenvalue weighted by molar-refractivity contribution is 6.05. The number of fused-ring (bicyclic) bond motifs is 5. The molecule has 1 atom stereocenters. The maximum absolute atomic E-state index is 5.25. The summed E-state index contributed by atoms with van der Waals surface area (Å²) in [6.45, 7) is 0. The topological polar surface area (TPSA) is 94.6 Å². The van der Waals surface area contributed by atoms with Gasteiger partial charge in [-0.3, -0.25) is 14.4 Å². The standard InChI is InChI=1S/C39H26N8/c1-2-11-32-31(10-1)34(43-39-35(32)42-33-12-3-4-22-47(33)39)29-8-5-7-28(23-29)25-13-15-26(16-14-25)36-44-37(27-17-20-40-21-18-27)46-38(45-36)30-9-6-19-41-24-30/h1-22,24,29H,23H2. The number of nitrogens with zero attached hydrogens (tertiary/aromatic N) is 8. The van der Waals surface area contributed by atoms with Gasteiger partial charge in [-0.25, -0.2) is 24.9 Å². The third kappa shape index (κ3) is 4.83. The van der Waals surface area contributed by atoms with Crippen molar-refractivity contribution in [1.82, 2.24) is 39.3 Å². The Hall–Kier alpha value is -6.41. The second-order valence-electron chi connectivity index (χ2n) is 11.5. The van der Waals surface area contributed by atoms with Crippen LogP contribution in [-0.2, 0) is 0 Å². The Bertz CT molecular complexity index is 2430. The lowest BCUT2D eigenvalue weighted by atomic mass is 9.86. The first-order chi connectivity index (χ1) is 23.3. The molecule has 0 aliphatic heterocycles. The summed E-state index contributed by atoms with van der Waals surface area (Å²) in [6, 6.07) is 30.6. The van der Waals surface area contributed by atoms with E-state index in [9.17, 15) is 0 Å². The molecule has 0 fully saturated rings. The third-order valence-corrected chi connectivity index (χ3v) is 8.63. The molecule has 2 aromatic carbocycles. The number of rotatable bonds is 5. The Labute approximate surface area is 269 Å². The van der Waals surface area contributed by atoms with Gasteiger partial charge in [0.2, 0.25) is 0 Å². The number of benzene rings is 2. The van der Waals surface area contributed by atoms with Crippen molar-refractivity contribution in [3.05, 3.63) is 151 Å². The van der Waals surface area contributed by atoms with Gasteiger partial charge in [-0.05, 0) is 54.0 Å². The molecule has 1 aliphatic carbocycles. The molecule has 0 saturated heterocycles. The Balaban J connectivity index is 1.06. The summed E-state index contributed by atoms with van der Waals surface area (Å²) in [6.07, 6.45) is 16.5. The lowest BCUT2D eigenvalue weighted by molar-refractivity contribution is 0.841. The highest BCUT2D eigenvalue weighted by Crippen LogP contribution is 2.38. The van der Waals surface area contributed by atoms with Crippen LogP contribution < -0.4 is 0 Å². The van der Waals surface area contributed by atoms with Crippen LogP contribution in [0.2, 0.25) is 0 Å². The molecule has 1 aliphatic rings. The van der Waals surface area contributed by atoms with Gasteiger partial charge in [-0.1, -0.05) is 72.8 Å². The molecule has 1 unspecified atom stereocenters. The van der Waals surface area contributed by atoms with Gasteiger partial charge in [0.15, 0.2) is 23.1 Å². The molecule has 6 aromatic heterocycles. The van der Waals surface area contributed by atoms with E-state index in [-0.39, 0.29) is 5.92 Å². The van der Waals surface area contributed by atoms with Gasteiger partial charge in [0.25, 0.3) is 0 Å². The van der Waals surface area contributed by atoms with Crippen molar-refractivity contribution in [2.24, 2.45) is 0 Å². The van der Waals surface area contributed by atoms with E-state index in [1.165, 1.54) is 5.57 Å². The van der Waals surface area contributed by atoms with Crippen LogP contribution in [0, 0.1) is 0 Å². The fraction of sp³-hybridized carbons (Fsp3) is 0.0513. The van der Waals surface area contributed by atoms with Crippen LogP contribution in [0.15, 0.2) is 140 Å². The minimum Gasteiger partial charge on any atom is -0.284 e. The molecule has 0 amide bonds. The molecule has 222 valence electrons. The summed E-state index contributed by atoms with van der Waals surface area (Å²) in [7, 11) is 0. The molecule has 0 N–H and O–H groups in total. The van der Waals surface area contributed by atoms with Crippen molar-refractivity contribution in [1.29, 1.82) is 0 Å². The molecular formula is C39H26N8. The van der Waals surface area contributed by atoms with Crippen LogP contribution >= 0.6 is 0 Å². The SMILES string of the molecule is C1=CC(c2nc3c(nc4ccccn43)c3ccccc23)CC(c2ccc(-c3nc(-c4ccncc4)nc(-c4cccnc4)n3)cc2)=C1. The van der Waals surface area contributed by atoms with Gasteiger partial charge in [-0.2, -0.15) is 0 Å². The first-order valence-corrected chi connectivity index (χ1v) is 15.5. The Morgan fingerprint density at radius 1 is 0.574 bits per heavy atom. The van der Waals surface area contributed by atoms with Crippen molar-refractivity contribution in [3.63, 3.8) is 0 Å². The summed E-state index contributed by atoms with van der Waals surface area (Å²) in [5.74, 6) is 1.88. The number of allylic oxidation sites excluding steroid dienone is 4. The molecule has 8 nitrogen and oxygen atoms in total. The predicted molar refractivity (Wildman–Crippen MR) is 184 cm³/mol. The quantitative estimate of drug-likeness (QED) is 0.195. The van der Waals surface area contributed by atoms with E-state index in [0.717, 1.165) is 62.0 Å². The highest BCUT2D eigenvalue weighted by atomic mass is 15.1. The summed E-state index contributed by atoms with van der Waals surface area (Å²) in [5.41, 5.74) is 8.79. The number of pyridine rings is 4. The number of aromatic nitrogens is 8. The van der Waals surface area contributed by atoms with Gasteiger partial charge >= 0.3 is 0 Å². The summed E-state index contributed by atoms with van der Waals surface area (Å²) >= 11 is 0. The van der Waals surface area contributed by atoms with Crippen LogP contribution in [0.1, 0.15) is 23.6 Å². The maximum Gasteiger partial charge on any atom is 0.165 e. The molecule has 0 saturated carbocycles. The monoisotopic (exact) mass is 606 g/mol. The molecule has 6 heterocycles. The molecular weight excluding hydrogens is 580 g/mol. The van der Waals surface area contributed by atoms with Crippen LogP contribution in [-0.4, -0.2) is 39.3 Å². The normalized spacial score (nSPS) is 14.6. The number of imidazole rings is 1. The van der Waals surface area contributed by atoms with E-state index in [1.54, 1.807) is 24.8 Å². The van der Waals surface area contributed by atoms with E-state index in [1.807, 2.05) is 48.7 Å². The van der Waals surface area contributed by atoms with E-state index >= 15 is 0 Å². The molecule has 0 spiro atoms. The Kier molecular flexibility index (Phi) is 6.41. The highest BCUT2D eigenvalue weighted by Gasteiger charge is 2.22. The zero-order chi connectivity index (χ0) is 31.2. The lowest BCUT2D eigenvalue weighted by Gasteiger charge is -2.20. The van der Waals surface area contributed by atoms with Crippen LogP contribution in [0.3, 0.4) is 0 Å². The van der Waals surface area contributed by atoms with Crippen molar-refractivity contribution in [3.8, 4) is 34.2 Å². The molecule has 0 radical (unpaired) electrons. The minimum atomic E-state index is 0.117. The van der Waals surface area contributed by atoms with E-state index in [0.29, 0.717) is 17.5 Å². The second-order valence-corrected chi connectivity index (χ2v) is 11.5. The maximum atomic E-state index is 5.25. The number of hydrogen-bond donors (Lipinski definition) is 0. The van der Waals surface area contributed by atoms with Gasteiger partial charge in [-0.15, -0.1) is 0 Å². The number of hydrogen-bond acceptors (Lipinski definition) is 7. The molecule has 8 heteroatoms. The molecule has 0 bridgehead atoms. The summed E-state index contributed by atoms with van der Waals surface area (Å²) in [4.78, 5) is 33.1. The molecule has 47 heavy (non-hydrogen) atoms. The van der Waals surface area contributed by atoms with Crippen molar-refractivity contribution >= 4 is 33.2 Å². The second kappa shape index (κ2) is 11.2. The van der Waals surface area contributed by atoms with E-state index in [2.05, 4.69) is 81.1 Å². The average Bonchev–Trinajstić information content (AvgIpc) is 3.54. The van der Waals surface area contributed by atoms with Gasteiger partial charge < -0.3 is 0 Å². The fourth-order valence-corrected chi connectivity index (χ4v) is 6.31. The van der Waals surface area contributed by atoms with Crippen molar-refractivity contribution in [2.75, 3.05) is 0 Å². The van der Waals surface area contributed by atoms with Gasteiger partial charge in [0.1, 0.15) is 11.2 Å². The third-order valence-electron chi connectivity index (χ3n) is 8.63. The van der Waals surface area contributed by atoms with Gasteiger partial charge in [0, 0.05) is 64.4 Å². The average molecular weight is 607 g/mol. The molecule has 9 rings (SSSR count). The van der Waals surface area contributed by atoms with Gasteiger partial charge in [0.05, 0.1) is 5.69 Å². The van der Waals surface area contributed by atoms with Crippen molar-refractivity contribution in [2.45, 2.75) is 12.3 Å². The van der Waals surface area contributed by atoms with E-state index < -0.39 is 0 Å². The minimum absolute atomic E-state index is 0.117. The van der Waals surface area contributed by atoms with Crippen LogP contribution in [0.5, 0.6) is 0 Å².